The average molecular weight is 347 g/mol. The number of sulfonamides is 1. The smallest absolute Gasteiger partial charge is 0.334 e. The van der Waals surface area contributed by atoms with Crippen LogP contribution in [0.15, 0.2) is 59.0 Å². The van der Waals surface area contributed by atoms with Crippen molar-refractivity contribution in [2.24, 2.45) is 5.14 Å². The van der Waals surface area contributed by atoms with E-state index in [-0.39, 0.29) is 23.2 Å². The van der Waals surface area contributed by atoms with Gasteiger partial charge in [-0.25, -0.2) is 22.7 Å². The normalized spacial score (nSPS) is 19.5. The molecule has 0 aromatic heterocycles. The molecular weight excluding hydrogens is 333 g/mol. The van der Waals surface area contributed by atoms with Gasteiger partial charge < -0.3 is 4.74 Å². The quantitative estimate of drug-likeness (QED) is 0.681. The monoisotopic (exact) mass is 347 g/mol. The molecule has 1 saturated heterocycles. The highest BCUT2D eigenvalue weighted by molar-refractivity contribution is 7.89. The summed E-state index contributed by atoms with van der Waals surface area (Å²) >= 11 is 0. The summed E-state index contributed by atoms with van der Waals surface area (Å²) in [5.41, 5.74) is 1.85. The fraction of sp³-hybridized carbons (Fsp3) is 0.118. The Balaban J connectivity index is 1.94. The maximum atomic E-state index is 13.1. The number of carbonyl (C=O) groups is 1. The Kier molecular flexibility index (Phi) is 4.21. The zero-order valence-electron chi connectivity index (χ0n) is 12.5. The predicted molar refractivity (Wildman–Crippen MR) is 85.9 cm³/mol. The maximum absolute atomic E-state index is 13.1. The van der Waals surface area contributed by atoms with E-state index >= 15 is 0 Å². The van der Waals surface area contributed by atoms with Crippen molar-refractivity contribution in [1.29, 1.82) is 0 Å². The Morgan fingerprint density at radius 1 is 1.08 bits per heavy atom. The van der Waals surface area contributed by atoms with Crippen molar-refractivity contribution in [1.82, 2.24) is 0 Å². The second-order valence-corrected chi connectivity index (χ2v) is 6.98. The molecule has 124 valence electrons. The Labute approximate surface area is 138 Å². The Morgan fingerprint density at radius 2 is 1.71 bits per heavy atom. The molecule has 0 spiro atoms. The van der Waals surface area contributed by atoms with Gasteiger partial charge in [-0.1, -0.05) is 24.3 Å². The maximum Gasteiger partial charge on any atom is 0.334 e. The van der Waals surface area contributed by atoms with Crippen LogP contribution in [-0.4, -0.2) is 21.0 Å². The average Bonchev–Trinajstić information content (AvgIpc) is 2.89. The molecule has 0 bridgehead atoms. The van der Waals surface area contributed by atoms with Crippen molar-refractivity contribution in [2.75, 3.05) is 6.61 Å². The van der Waals surface area contributed by atoms with Gasteiger partial charge in [0.1, 0.15) is 12.4 Å². The van der Waals surface area contributed by atoms with Crippen LogP contribution in [0.3, 0.4) is 0 Å². The molecule has 2 aromatic rings. The first-order valence-electron chi connectivity index (χ1n) is 7.11. The van der Waals surface area contributed by atoms with Crippen LogP contribution in [0.1, 0.15) is 17.0 Å². The molecule has 0 radical (unpaired) electrons. The van der Waals surface area contributed by atoms with Crippen molar-refractivity contribution in [3.05, 3.63) is 71.0 Å². The third-order valence-corrected chi connectivity index (χ3v) is 4.72. The van der Waals surface area contributed by atoms with Gasteiger partial charge in [-0.05, 0) is 41.5 Å². The van der Waals surface area contributed by atoms with Crippen LogP contribution in [0.2, 0.25) is 0 Å². The number of cyclic esters (lactones) is 1. The largest absolute Gasteiger partial charge is 0.461 e. The fourth-order valence-electron chi connectivity index (χ4n) is 2.54. The lowest BCUT2D eigenvalue weighted by molar-refractivity contribution is -0.135. The van der Waals surface area contributed by atoms with E-state index in [0.717, 1.165) is 5.56 Å². The van der Waals surface area contributed by atoms with Crippen LogP contribution < -0.4 is 5.14 Å². The van der Waals surface area contributed by atoms with Gasteiger partial charge in [0, 0.05) is 5.57 Å². The predicted octanol–water partition coefficient (Wildman–Crippen LogP) is 2.20. The Bertz CT molecular complexity index is 903. The Hall–Kier alpha value is -2.51. The number of ether oxygens (including phenoxy) is 1. The van der Waals surface area contributed by atoms with Crippen LogP contribution in [0, 0.1) is 5.82 Å². The summed E-state index contributed by atoms with van der Waals surface area (Å²) in [6, 6.07) is 11.7. The SMILES string of the molecule is NS(=O)(=O)c1ccc(/C=C2\C(=O)OCC2c2ccc(F)cc2)cc1. The number of esters is 1. The summed E-state index contributed by atoms with van der Waals surface area (Å²) in [5, 5.41) is 5.05. The minimum Gasteiger partial charge on any atom is -0.461 e. The molecule has 7 heteroatoms. The van der Waals surface area contributed by atoms with E-state index in [9.17, 15) is 17.6 Å². The number of nitrogens with two attached hydrogens (primary N) is 1. The number of benzene rings is 2. The second kappa shape index (κ2) is 6.18. The summed E-state index contributed by atoms with van der Waals surface area (Å²) in [5.74, 6) is -1.09. The Morgan fingerprint density at radius 3 is 2.29 bits per heavy atom. The fourth-order valence-corrected chi connectivity index (χ4v) is 3.05. The molecule has 2 aromatic carbocycles. The van der Waals surface area contributed by atoms with E-state index in [0.29, 0.717) is 11.1 Å². The van der Waals surface area contributed by atoms with Crippen molar-refractivity contribution in [3.8, 4) is 0 Å². The number of hydrogen-bond donors (Lipinski definition) is 1. The molecule has 2 N–H and O–H groups in total. The van der Waals surface area contributed by atoms with Crippen LogP contribution in [0.5, 0.6) is 0 Å². The highest BCUT2D eigenvalue weighted by Crippen LogP contribution is 2.33. The number of hydrogen-bond acceptors (Lipinski definition) is 4. The summed E-state index contributed by atoms with van der Waals surface area (Å²) in [4.78, 5) is 12.0. The topological polar surface area (TPSA) is 86.5 Å². The van der Waals surface area contributed by atoms with Gasteiger partial charge in [0.05, 0.1) is 10.8 Å². The van der Waals surface area contributed by atoms with Gasteiger partial charge >= 0.3 is 5.97 Å². The number of rotatable bonds is 3. The summed E-state index contributed by atoms with van der Waals surface area (Å²) < 4.78 is 40.7. The van der Waals surface area contributed by atoms with Crippen molar-refractivity contribution in [3.63, 3.8) is 0 Å². The lowest BCUT2D eigenvalue weighted by atomic mass is 9.92. The third kappa shape index (κ3) is 3.37. The zero-order chi connectivity index (χ0) is 17.3. The van der Waals surface area contributed by atoms with Gasteiger partial charge in [0.2, 0.25) is 10.0 Å². The van der Waals surface area contributed by atoms with E-state index < -0.39 is 16.0 Å². The molecular formula is C17H14FNO4S. The molecule has 1 aliphatic rings. The minimum absolute atomic E-state index is 0.00580. The van der Waals surface area contributed by atoms with Crippen LogP contribution >= 0.6 is 0 Å². The molecule has 1 unspecified atom stereocenters. The first-order chi connectivity index (χ1) is 11.3. The molecule has 1 atom stereocenters. The first kappa shape index (κ1) is 16.4. The molecule has 0 amide bonds. The van der Waals surface area contributed by atoms with Crippen molar-refractivity contribution < 1.29 is 22.3 Å². The molecule has 1 aliphatic heterocycles. The van der Waals surface area contributed by atoms with Crippen LogP contribution in [-0.2, 0) is 19.6 Å². The molecule has 3 rings (SSSR count). The number of primary sulfonamides is 1. The molecule has 1 fully saturated rings. The highest BCUT2D eigenvalue weighted by atomic mass is 32.2. The summed E-state index contributed by atoms with van der Waals surface area (Å²) in [6.07, 6.45) is 1.64. The van der Waals surface area contributed by atoms with Gasteiger partial charge in [-0.15, -0.1) is 0 Å². The summed E-state index contributed by atoms with van der Waals surface area (Å²) in [7, 11) is -3.76. The zero-order valence-corrected chi connectivity index (χ0v) is 13.3. The molecule has 0 aliphatic carbocycles. The second-order valence-electron chi connectivity index (χ2n) is 5.42. The van der Waals surface area contributed by atoms with E-state index in [1.807, 2.05) is 0 Å². The first-order valence-corrected chi connectivity index (χ1v) is 8.66. The lowest BCUT2D eigenvalue weighted by Gasteiger charge is -2.09. The number of halogens is 1. The van der Waals surface area contributed by atoms with E-state index in [2.05, 4.69) is 0 Å². The molecule has 1 heterocycles. The van der Waals surface area contributed by atoms with Crippen LogP contribution in [0.4, 0.5) is 4.39 Å². The van der Waals surface area contributed by atoms with Gasteiger partial charge in [-0.3, -0.25) is 0 Å². The third-order valence-electron chi connectivity index (χ3n) is 3.80. The van der Waals surface area contributed by atoms with E-state index in [4.69, 9.17) is 9.88 Å². The van der Waals surface area contributed by atoms with Gasteiger partial charge in [0.25, 0.3) is 0 Å². The van der Waals surface area contributed by atoms with Crippen molar-refractivity contribution in [2.45, 2.75) is 10.8 Å². The lowest BCUT2D eigenvalue weighted by Crippen LogP contribution is -2.11. The molecule has 24 heavy (non-hydrogen) atoms. The molecule has 5 nitrogen and oxygen atoms in total. The minimum atomic E-state index is -3.76. The number of carbonyl (C=O) groups excluding carboxylic acids is 1. The van der Waals surface area contributed by atoms with E-state index in [1.54, 1.807) is 30.3 Å². The van der Waals surface area contributed by atoms with Crippen LogP contribution in [0.25, 0.3) is 6.08 Å². The van der Waals surface area contributed by atoms with Crippen molar-refractivity contribution >= 4 is 22.1 Å². The van der Waals surface area contributed by atoms with Gasteiger partial charge in [-0.2, -0.15) is 0 Å². The van der Waals surface area contributed by atoms with Gasteiger partial charge in [0.15, 0.2) is 0 Å². The highest BCUT2D eigenvalue weighted by Gasteiger charge is 2.31. The molecule has 0 saturated carbocycles. The summed E-state index contributed by atoms with van der Waals surface area (Å²) in [6.45, 7) is 0.186. The van der Waals surface area contributed by atoms with E-state index in [1.165, 1.54) is 24.3 Å². The standard InChI is InChI=1S/C17H14FNO4S/c18-13-5-3-12(4-6-13)16-10-23-17(20)15(16)9-11-1-7-14(8-2-11)24(19,21)22/h1-9,16H,10H2,(H2,19,21,22)/b15-9-.